The molecule has 0 aromatic carbocycles. The highest BCUT2D eigenvalue weighted by Gasteiger charge is 2.37. The lowest BCUT2D eigenvalue weighted by atomic mass is 10.1. The van der Waals surface area contributed by atoms with Crippen molar-refractivity contribution in [2.45, 2.75) is 49.4 Å². The molecular formula is C13H24N2S. The van der Waals surface area contributed by atoms with Gasteiger partial charge in [-0.05, 0) is 44.3 Å². The molecule has 0 amide bonds. The molecule has 0 bridgehead atoms. The molecule has 3 fully saturated rings. The van der Waals surface area contributed by atoms with E-state index >= 15 is 0 Å². The Bertz CT molecular complexity index is 242. The summed E-state index contributed by atoms with van der Waals surface area (Å²) in [4.78, 5) is 2.79. The van der Waals surface area contributed by atoms with E-state index < -0.39 is 0 Å². The molecule has 3 atom stereocenters. The van der Waals surface area contributed by atoms with Gasteiger partial charge in [-0.15, -0.1) is 0 Å². The summed E-state index contributed by atoms with van der Waals surface area (Å²) in [7, 11) is 0. The fourth-order valence-electron chi connectivity index (χ4n) is 3.41. The Morgan fingerprint density at radius 1 is 1.19 bits per heavy atom. The van der Waals surface area contributed by atoms with Crippen LogP contribution in [0.25, 0.3) is 0 Å². The Labute approximate surface area is 104 Å². The number of hydrogen-bond acceptors (Lipinski definition) is 3. The van der Waals surface area contributed by atoms with Crippen LogP contribution in [-0.2, 0) is 0 Å². The van der Waals surface area contributed by atoms with E-state index in [4.69, 9.17) is 0 Å². The summed E-state index contributed by atoms with van der Waals surface area (Å²) in [6.45, 7) is 3.84. The minimum absolute atomic E-state index is 0.821. The van der Waals surface area contributed by atoms with Crippen LogP contribution in [0, 0.1) is 5.92 Å². The van der Waals surface area contributed by atoms with Gasteiger partial charge in [0.25, 0.3) is 0 Å². The predicted octanol–water partition coefficient (Wildman–Crippen LogP) is 1.95. The van der Waals surface area contributed by atoms with E-state index in [2.05, 4.69) is 28.2 Å². The van der Waals surface area contributed by atoms with Crippen LogP contribution in [0.15, 0.2) is 0 Å². The second-order valence-electron chi connectivity index (χ2n) is 5.72. The Morgan fingerprint density at radius 2 is 2.06 bits per heavy atom. The van der Waals surface area contributed by atoms with Crippen LogP contribution in [0.5, 0.6) is 0 Å². The quantitative estimate of drug-likeness (QED) is 0.812. The smallest absolute Gasteiger partial charge is 0.0223 e. The van der Waals surface area contributed by atoms with Crippen molar-refractivity contribution in [1.82, 2.24) is 10.2 Å². The number of hydrogen-bond donors (Lipinski definition) is 1. The molecule has 3 unspecified atom stereocenters. The van der Waals surface area contributed by atoms with Crippen LogP contribution in [0.1, 0.15) is 32.1 Å². The molecule has 0 aromatic rings. The molecule has 0 aromatic heterocycles. The molecule has 2 nitrogen and oxygen atoms in total. The monoisotopic (exact) mass is 240 g/mol. The highest BCUT2D eigenvalue weighted by atomic mass is 32.2. The maximum Gasteiger partial charge on any atom is 0.0223 e. The van der Waals surface area contributed by atoms with Crippen LogP contribution in [0.2, 0.25) is 0 Å². The summed E-state index contributed by atoms with van der Waals surface area (Å²) in [5, 5.41) is 4.66. The van der Waals surface area contributed by atoms with E-state index in [0.29, 0.717) is 0 Å². The zero-order valence-electron chi connectivity index (χ0n) is 10.3. The summed E-state index contributed by atoms with van der Waals surface area (Å²) in [6.07, 6.45) is 9.57. The van der Waals surface area contributed by atoms with Crippen LogP contribution in [-0.4, -0.2) is 48.1 Å². The van der Waals surface area contributed by atoms with Gasteiger partial charge in [0.15, 0.2) is 0 Å². The molecule has 3 rings (SSSR count). The fraction of sp³-hybridized carbons (Fsp3) is 1.00. The fourth-order valence-corrected chi connectivity index (χ4v) is 4.20. The van der Waals surface area contributed by atoms with Crippen molar-refractivity contribution in [2.24, 2.45) is 5.92 Å². The summed E-state index contributed by atoms with van der Waals surface area (Å²) in [5.74, 6) is 1.01. The van der Waals surface area contributed by atoms with Crippen LogP contribution < -0.4 is 5.32 Å². The van der Waals surface area contributed by atoms with Gasteiger partial charge in [-0.2, -0.15) is 11.8 Å². The van der Waals surface area contributed by atoms with Crippen LogP contribution in [0.3, 0.4) is 0 Å². The molecule has 0 spiro atoms. The van der Waals surface area contributed by atoms with Crippen LogP contribution >= 0.6 is 11.8 Å². The summed E-state index contributed by atoms with van der Waals surface area (Å²) >= 11 is 2.08. The Morgan fingerprint density at radius 3 is 2.75 bits per heavy atom. The number of piperazine rings is 1. The van der Waals surface area contributed by atoms with Gasteiger partial charge in [0.1, 0.15) is 0 Å². The maximum atomic E-state index is 3.71. The molecule has 2 saturated carbocycles. The molecule has 3 heteroatoms. The van der Waals surface area contributed by atoms with Gasteiger partial charge in [-0.3, -0.25) is 4.90 Å². The van der Waals surface area contributed by atoms with E-state index in [0.717, 1.165) is 23.3 Å². The third-order valence-electron chi connectivity index (χ3n) is 4.63. The van der Waals surface area contributed by atoms with Gasteiger partial charge in [0, 0.05) is 37.0 Å². The van der Waals surface area contributed by atoms with E-state index in [-0.39, 0.29) is 0 Å². The van der Waals surface area contributed by atoms with Gasteiger partial charge in [-0.1, -0.05) is 0 Å². The molecule has 1 saturated heterocycles. The van der Waals surface area contributed by atoms with E-state index in [9.17, 15) is 0 Å². The summed E-state index contributed by atoms with van der Waals surface area (Å²) in [5.41, 5.74) is 0. The molecule has 1 N–H and O–H groups in total. The van der Waals surface area contributed by atoms with Crippen molar-refractivity contribution in [3.8, 4) is 0 Å². The van der Waals surface area contributed by atoms with E-state index in [1.165, 1.54) is 51.7 Å². The minimum atomic E-state index is 0.821. The summed E-state index contributed by atoms with van der Waals surface area (Å²) < 4.78 is 0. The Hall–Kier alpha value is 0.270. The first-order chi connectivity index (χ1) is 7.86. The normalized spacial score (nSPS) is 41.4. The topological polar surface area (TPSA) is 15.3 Å². The van der Waals surface area contributed by atoms with Gasteiger partial charge in [-0.25, -0.2) is 0 Å². The third kappa shape index (κ3) is 2.41. The molecule has 1 aliphatic heterocycles. The van der Waals surface area contributed by atoms with Crippen LogP contribution in [0.4, 0.5) is 0 Å². The van der Waals surface area contributed by atoms with Crippen molar-refractivity contribution in [3.05, 3.63) is 0 Å². The van der Waals surface area contributed by atoms with Crippen molar-refractivity contribution in [1.29, 1.82) is 0 Å². The average Bonchev–Trinajstić information content (AvgIpc) is 3.07. The molecule has 0 radical (unpaired) electrons. The second kappa shape index (κ2) is 4.87. The first kappa shape index (κ1) is 11.4. The Balaban J connectivity index is 1.53. The molecule has 92 valence electrons. The molecule has 16 heavy (non-hydrogen) atoms. The summed E-state index contributed by atoms with van der Waals surface area (Å²) in [6, 6.07) is 1.72. The van der Waals surface area contributed by atoms with Gasteiger partial charge in [0.05, 0.1) is 0 Å². The van der Waals surface area contributed by atoms with Crippen molar-refractivity contribution in [3.63, 3.8) is 0 Å². The highest BCUT2D eigenvalue weighted by Crippen LogP contribution is 2.36. The first-order valence-corrected chi connectivity index (χ1v) is 8.16. The van der Waals surface area contributed by atoms with Gasteiger partial charge < -0.3 is 5.32 Å². The lowest BCUT2D eigenvalue weighted by molar-refractivity contribution is 0.138. The van der Waals surface area contributed by atoms with E-state index in [1.807, 2.05) is 0 Å². The standard InChI is InChI=1S/C13H24N2S/c1-16-12-5-4-11(8-12)15-7-6-14-13(9-15)10-2-3-10/h10-14H,2-9H2,1H3. The van der Waals surface area contributed by atoms with Crippen molar-refractivity contribution >= 4 is 11.8 Å². The van der Waals surface area contributed by atoms with Gasteiger partial charge in [0.2, 0.25) is 0 Å². The lowest BCUT2D eigenvalue weighted by Crippen LogP contribution is -2.54. The average molecular weight is 240 g/mol. The molecule has 3 aliphatic rings. The highest BCUT2D eigenvalue weighted by molar-refractivity contribution is 7.99. The second-order valence-corrected chi connectivity index (χ2v) is 6.86. The number of nitrogens with zero attached hydrogens (tertiary/aromatic N) is 1. The first-order valence-electron chi connectivity index (χ1n) is 6.87. The van der Waals surface area contributed by atoms with Crippen molar-refractivity contribution < 1.29 is 0 Å². The predicted molar refractivity (Wildman–Crippen MR) is 71.0 cm³/mol. The molecule has 1 heterocycles. The lowest BCUT2D eigenvalue weighted by Gasteiger charge is -2.37. The largest absolute Gasteiger partial charge is 0.311 e. The molecule has 2 aliphatic carbocycles. The number of rotatable bonds is 3. The molecular weight excluding hydrogens is 216 g/mol. The zero-order chi connectivity index (χ0) is 11.0. The maximum absolute atomic E-state index is 3.71. The van der Waals surface area contributed by atoms with Gasteiger partial charge >= 0.3 is 0 Å². The van der Waals surface area contributed by atoms with Crippen molar-refractivity contribution in [2.75, 3.05) is 25.9 Å². The Kier molecular flexibility index (Phi) is 3.46. The minimum Gasteiger partial charge on any atom is -0.311 e. The third-order valence-corrected chi connectivity index (χ3v) is 5.73. The number of thioether (sulfide) groups is 1. The number of nitrogens with one attached hydrogen (secondary N) is 1. The van der Waals surface area contributed by atoms with E-state index in [1.54, 1.807) is 0 Å². The zero-order valence-corrected chi connectivity index (χ0v) is 11.1. The SMILES string of the molecule is CSC1CCC(N2CCNC(C3CC3)C2)C1.